The van der Waals surface area contributed by atoms with E-state index in [4.69, 9.17) is 9.84 Å². The number of hydrogen-bond donors (Lipinski definition) is 1. The van der Waals surface area contributed by atoms with Gasteiger partial charge in [0, 0.05) is 13.7 Å². The van der Waals surface area contributed by atoms with Gasteiger partial charge in [0.15, 0.2) is 0 Å². The lowest BCUT2D eigenvalue weighted by Gasteiger charge is -2.20. The minimum atomic E-state index is 0.259. The van der Waals surface area contributed by atoms with E-state index in [0.29, 0.717) is 12.0 Å². The zero-order chi connectivity index (χ0) is 8.10. The van der Waals surface area contributed by atoms with Crippen molar-refractivity contribution in [2.75, 3.05) is 13.7 Å². The van der Waals surface area contributed by atoms with E-state index in [1.807, 2.05) is 0 Å². The Morgan fingerprint density at radius 3 is 2.55 bits per heavy atom. The monoisotopic (exact) mass is 158 g/mol. The highest BCUT2D eigenvalue weighted by atomic mass is 16.5. The summed E-state index contributed by atoms with van der Waals surface area (Å²) in [5.41, 5.74) is 0. The van der Waals surface area contributed by atoms with Crippen molar-refractivity contribution in [2.45, 2.75) is 38.2 Å². The SMILES string of the molecule is COC(CCO)C1CCCC1. The molecular weight excluding hydrogens is 140 g/mol. The number of ether oxygens (including phenoxy) is 1. The molecule has 1 saturated carbocycles. The molecule has 1 aliphatic carbocycles. The second-order valence-corrected chi connectivity index (χ2v) is 3.33. The first-order chi connectivity index (χ1) is 5.38. The first kappa shape index (κ1) is 9.01. The van der Waals surface area contributed by atoms with Gasteiger partial charge in [-0.15, -0.1) is 0 Å². The van der Waals surface area contributed by atoms with E-state index < -0.39 is 0 Å². The van der Waals surface area contributed by atoms with Gasteiger partial charge in [0.1, 0.15) is 0 Å². The Labute approximate surface area is 68.6 Å². The second-order valence-electron chi connectivity index (χ2n) is 3.33. The summed E-state index contributed by atoms with van der Waals surface area (Å²) in [6.45, 7) is 0.259. The number of aliphatic hydroxyl groups excluding tert-OH is 1. The Hall–Kier alpha value is -0.0800. The van der Waals surface area contributed by atoms with Crippen LogP contribution in [0.4, 0.5) is 0 Å². The number of rotatable bonds is 4. The third kappa shape index (κ3) is 2.46. The van der Waals surface area contributed by atoms with Crippen LogP contribution in [0.15, 0.2) is 0 Å². The van der Waals surface area contributed by atoms with Crippen molar-refractivity contribution < 1.29 is 9.84 Å². The summed E-state index contributed by atoms with van der Waals surface area (Å²) in [7, 11) is 1.75. The van der Waals surface area contributed by atoms with Gasteiger partial charge < -0.3 is 9.84 Å². The lowest BCUT2D eigenvalue weighted by atomic mass is 9.98. The Morgan fingerprint density at radius 1 is 1.45 bits per heavy atom. The summed E-state index contributed by atoms with van der Waals surface area (Å²) >= 11 is 0. The van der Waals surface area contributed by atoms with Crippen LogP contribution >= 0.6 is 0 Å². The molecule has 0 aromatic rings. The quantitative estimate of drug-likeness (QED) is 0.673. The minimum absolute atomic E-state index is 0.259. The Balaban J connectivity index is 2.27. The molecule has 2 nitrogen and oxygen atoms in total. The standard InChI is InChI=1S/C9H18O2/c1-11-9(6-7-10)8-4-2-3-5-8/h8-10H,2-7H2,1H3. The molecule has 2 heteroatoms. The van der Waals surface area contributed by atoms with Gasteiger partial charge in [-0.25, -0.2) is 0 Å². The van der Waals surface area contributed by atoms with E-state index in [2.05, 4.69) is 0 Å². The van der Waals surface area contributed by atoms with Crippen LogP contribution in [0.25, 0.3) is 0 Å². The highest BCUT2D eigenvalue weighted by molar-refractivity contribution is 4.75. The fraction of sp³-hybridized carbons (Fsp3) is 1.00. The number of hydrogen-bond acceptors (Lipinski definition) is 2. The van der Waals surface area contributed by atoms with Crippen LogP contribution < -0.4 is 0 Å². The molecule has 1 fully saturated rings. The maximum Gasteiger partial charge on any atom is 0.0621 e. The van der Waals surface area contributed by atoms with E-state index in [-0.39, 0.29) is 6.61 Å². The van der Waals surface area contributed by atoms with Crippen molar-refractivity contribution >= 4 is 0 Å². The van der Waals surface area contributed by atoms with Crippen molar-refractivity contribution in [1.82, 2.24) is 0 Å². The molecule has 0 amide bonds. The zero-order valence-corrected chi connectivity index (χ0v) is 7.25. The summed E-state index contributed by atoms with van der Waals surface area (Å²) in [6.07, 6.45) is 6.38. The first-order valence-corrected chi connectivity index (χ1v) is 4.52. The average molecular weight is 158 g/mol. The van der Waals surface area contributed by atoms with Crippen molar-refractivity contribution in [3.8, 4) is 0 Å². The Morgan fingerprint density at radius 2 is 2.09 bits per heavy atom. The average Bonchev–Trinajstić information content (AvgIpc) is 2.52. The largest absolute Gasteiger partial charge is 0.396 e. The predicted molar refractivity (Wildman–Crippen MR) is 44.5 cm³/mol. The first-order valence-electron chi connectivity index (χ1n) is 4.52. The maximum atomic E-state index is 8.75. The smallest absolute Gasteiger partial charge is 0.0621 e. The third-order valence-electron chi connectivity index (χ3n) is 2.64. The summed E-state index contributed by atoms with van der Waals surface area (Å²) < 4.78 is 5.31. The van der Waals surface area contributed by atoms with E-state index in [1.54, 1.807) is 7.11 Å². The van der Waals surface area contributed by atoms with Gasteiger partial charge in [-0.3, -0.25) is 0 Å². The van der Waals surface area contributed by atoms with Crippen LogP contribution in [0.5, 0.6) is 0 Å². The van der Waals surface area contributed by atoms with E-state index in [1.165, 1.54) is 25.7 Å². The fourth-order valence-corrected chi connectivity index (χ4v) is 2.00. The van der Waals surface area contributed by atoms with Gasteiger partial charge in [-0.2, -0.15) is 0 Å². The summed E-state index contributed by atoms with van der Waals surface area (Å²) in [4.78, 5) is 0. The van der Waals surface area contributed by atoms with Gasteiger partial charge >= 0.3 is 0 Å². The maximum absolute atomic E-state index is 8.75. The van der Waals surface area contributed by atoms with Gasteiger partial charge in [0.25, 0.3) is 0 Å². The topological polar surface area (TPSA) is 29.5 Å². The van der Waals surface area contributed by atoms with E-state index >= 15 is 0 Å². The third-order valence-corrected chi connectivity index (χ3v) is 2.64. The lowest BCUT2D eigenvalue weighted by Crippen LogP contribution is -2.21. The highest BCUT2D eigenvalue weighted by Gasteiger charge is 2.23. The summed E-state index contributed by atoms with van der Waals surface area (Å²) in [5, 5.41) is 8.75. The molecule has 0 aliphatic heterocycles. The molecule has 1 unspecified atom stereocenters. The van der Waals surface area contributed by atoms with Crippen LogP contribution in [0.2, 0.25) is 0 Å². The zero-order valence-electron chi connectivity index (χ0n) is 7.25. The van der Waals surface area contributed by atoms with Crippen molar-refractivity contribution in [2.24, 2.45) is 5.92 Å². The minimum Gasteiger partial charge on any atom is -0.396 e. The molecule has 0 spiro atoms. The highest BCUT2D eigenvalue weighted by Crippen LogP contribution is 2.30. The van der Waals surface area contributed by atoms with Gasteiger partial charge in [0.2, 0.25) is 0 Å². The van der Waals surface area contributed by atoms with Crippen LogP contribution in [-0.2, 0) is 4.74 Å². The summed E-state index contributed by atoms with van der Waals surface area (Å²) in [6, 6.07) is 0. The van der Waals surface area contributed by atoms with Crippen LogP contribution in [0.3, 0.4) is 0 Å². The molecule has 0 radical (unpaired) electrons. The second kappa shape index (κ2) is 4.73. The van der Waals surface area contributed by atoms with Crippen molar-refractivity contribution in [3.63, 3.8) is 0 Å². The Kier molecular flexibility index (Phi) is 3.87. The van der Waals surface area contributed by atoms with Crippen LogP contribution in [-0.4, -0.2) is 24.9 Å². The Bertz CT molecular complexity index is 97.7. The predicted octanol–water partition coefficient (Wildman–Crippen LogP) is 1.57. The van der Waals surface area contributed by atoms with Gasteiger partial charge in [-0.05, 0) is 25.2 Å². The molecule has 0 bridgehead atoms. The fourth-order valence-electron chi connectivity index (χ4n) is 2.00. The molecule has 0 heterocycles. The molecular formula is C9H18O2. The molecule has 0 aromatic carbocycles. The molecule has 1 atom stereocenters. The molecule has 11 heavy (non-hydrogen) atoms. The van der Waals surface area contributed by atoms with Crippen molar-refractivity contribution in [3.05, 3.63) is 0 Å². The van der Waals surface area contributed by atoms with Crippen LogP contribution in [0.1, 0.15) is 32.1 Å². The van der Waals surface area contributed by atoms with E-state index in [9.17, 15) is 0 Å². The number of aliphatic hydroxyl groups is 1. The molecule has 1 rings (SSSR count). The van der Waals surface area contributed by atoms with Crippen LogP contribution in [0, 0.1) is 5.92 Å². The van der Waals surface area contributed by atoms with E-state index in [0.717, 1.165) is 6.42 Å². The van der Waals surface area contributed by atoms with Crippen molar-refractivity contribution in [1.29, 1.82) is 0 Å². The normalized spacial score (nSPS) is 22.4. The van der Waals surface area contributed by atoms with Gasteiger partial charge in [0.05, 0.1) is 6.10 Å². The molecule has 1 aliphatic rings. The molecule has 66 valence electrons. The molecule has 0 saturated heterocycles. The lowest BCUT2D eigenvalue weighted by molar-refractivity contribution is 0.0343. The number of methoxy groups -OCH3 is 1. The van der Waals surface area contributed by atoms with Gasteiger partial charge in [-0.1, -0.05) is 12.8 Å². The molecule has 1 N–H and O–H groups in total. The molecule has 0 aromatic heterocycles. The summed E-state index contributed by atoms with van der Waals surface area (Å²) in [5.74, 6) is 0.715.